The predicted molar refractivity (Wildman–Crippen MR) is 274 cm³/mol. The maximum atomic E-state index is 14.3. The number of rotatable bonds is 28. The molecule has 9 N–H and O–H groups in total. The van der Waals surface area contributed by atoms with Crippen molar-refractivity contribution in [3.05, 3.63) is 102 Å². The number of amides is 6. The minimum atomic E-state index is -4.82. The van der Waals surface area contributed by atoms with Crippen molar-refractivity contribution >= 4 is 80.6 Å². The fraction of sp³-hybridized carbons (Fsp3) is 0.440. The molecule has 5 atom stereocenters. The van der Waals surface area contributed by atoms with Gasteiger partial charge in [-0.2, -0.15) is 20.2 Å². The van der Waals surface area contributed by atoms with Crippen LogP contribution in [-0.4, -0.2) is 132 Å². The first-order chi connectivity index (χ1) is 34.9. The molecule has 0 saturated heterocycles. The third kappa shape index (κ3) is 21.1. The van der Waals surface area contributed by atoms with E-state index in [-0.39, 0.29) is 44.0 Å². The summed E-state index contributed by atoms with van der Waals surface area (Å²) in [5.74, 6) is -6.54. The van der Waals surface area contributed by atoms with Gasteiger partial charge in [-0.1, -0.05) is 74.5 Å². The first-order valence-corrected chi connectivity index (χ1v) is 26.3. The number of carbonyl (C=O) groups excluding carboxylic acids is 7. The van der Waals surface area contributed by atoms with E-state index < -0.39 is 107 Å². The molecule has 24 heteroatoms. The molecule has 0 fully saturated rings. The van der Waals surface area contributed by atoms with Gasteiger partial charge in [0.25, 0.3) is 0 Å². The number of carboxylic acid groups (broad SMARTS) is 1. The SMILES string of the molecule is CSCC[C@H](NC(=O)[C@H](Cc1ccc(OS(=O)(=O)O)cc1)NC(=O)OC(C)(C)C)C(=O)NCC(=O)N[C@@H](Cc1c[nH]c2ccccc12)C(=O)N[C@@H](CC(C)C)C(=O)N[C@@H](CC(=O)O)C(=O)OCCc1ccccc1. The highest BCUT2D eigenvalue weighted by atomic mass is 32.3. The van der Waals surface area contributed by atoms with Crippen molar-refractivity contribution in [1.29, 1.82) is 0 Å². The van der Waals surface area contributed by atoms with E-state index in [1.165, 1.54) is 36.0 Å². The Bertz CT molecular complexity index is 2680. The summed E-state index contributed by atoms with van der Waals surface area (Å²) in [5.41, 5.74) is 1.68. The lowest BCUT2D eigenvalue weighted by atomic mass is 10.00. The highest BCUT2D eigenvalue weighted by molar-refractivity contribution is 7.98. The molecule has 3 aromatic carbocycles. The third-order valence-electron chi connectivity index (χ3n) is 10.8. The van der Waals surface area contributed by atoms with E-state index >= 15 is 0 Å². The van der Waals surface area contributed by atoms with E-state index in [0.717, 1.165) is 16.5 Å². The molecule has 0 aliphatic rings. The van der Waals surface area contributed by atoms with Crippen LogP contribution in [0.3, 0.4) is 0 Å². The van der Waals surface area contributed by atoms with Crippen LogP contribution in [0, 0.1) is 5.92 Å². The molecule has 1 aromatic heterocycles. The summed E-state index contributed by atoms with van der Waals surface area (Å²) in [4.78, 5) is 111. The molecule has 0 unspecified atom stereocenters. The molecule has 0 bridgehead atoms. The quantitative estimate of drug-likeness (QED) is 0.0291. The third-order valence-corrected chi connectivity index (χ3v) is 11.8. The number of carbonyl (C=O) groups is 8. The number of hydrogen-bond donors (Lipinski definition) is 9. The van der Waals surface area contributed by atoms with Gasteiger partial charge in [-0.25, -0.2) is 9.59 Å². The Morgan fingerprint density at radius 3 is 1.95 bits per heavy atom. The van der Waals surface area contributed by atoms with E-state index in [2.05, 4.69) is 41.1 Å². The Hall–Kier alpha value is -7.18. The van der Waals surface area contributed by atoms with Crippen molar-refractivity contribution in [2.45, 2.75) is 109 Å². The second kappa shape index (κ2) is 28.3. The molecule has 22 nitrogen and oxygen atoms in total. The number of alkyl carbamates (subject to hydrolysis) is 1. The van der Waals surface area contributed by atoms with Crippen LogP contribution in [0.25, 0.3) is 10.9 Å². The van der Waals surface area contributed by atoms with Gasteiger partial charge in [-0.15, -0.1) is 0 Å². The number of fused-ring (bicyclic) bond motifs is 1. The van der Waals surface area contributed by atoms with Gasteiger partial charge in [0.05, 0.1) is 19.6 Å². The molecular weight excluding hydrogens is 1000 g/mol. The molecule has 6 amide bonds. The number of esters is 1. The lowest BCUT2D eigenvalue weighted by Crippen LogP contribution is -2.58. The van der Waals surface area contributed by atoms with Gasteiger partial charge in [0.15, 0.2) is 0 Å². The summed E-state index contributed by atoms with van der Waals surface area (Å²) in [6, 6.07) is 14.7. The highest BCUT2D eigenvalue weighted by Crippen LogP contribution is 2.20. The first-order valence-electron chi connectivity index (χ1n) is 23.6. The van der Waals surface area contributed by atoms with Crippen LogP contribution < -0.4 is 36.1 Å². The average molecular weight is 1070 g/mol. The van der Waals surface area contributed by atoms with Crippen molar-refractivity contribution in [3.63, 3.8) is 0 Å². The number of carboxylic acids is 1. The topological polar surface area (TPSA) is 327 Å². The number of aromatic amines is 1. The first kappa shape index (κ1) is 59.4. The Labute approximate surface area is 433 Å². The van der Waals surface area contributed by atoms with Crippen LogP contribution in [0.1, 0.15) is 70.6 Å². The molecule has 74 heavy (non-hydrogen) atoms. The molecule has 1 heterocycles. The Morgan fingerprint density at radius 1 is 0.716 bits per heavy atom. The van der Waals surface area contributed by atoms with Gasteiger partial charge in [-0.05, 0) is 86.4 Å². The van der Waals surface area contributed by atoms with E-state index in [9.17, 15) is 51.9 Å². The van der Waals surface area contributed by atoms with Crippen LogP contribution in [0.4, 0.5) is 4.79 Å². The normalized spacial score (nSPS) is 13.5. The monoisotopic (exact) mass is 1070 g/mol. The van der Waals surface area contributed by atoms with E-state index in [4.69, 9.17) is 14.0 Å². The van der Waals surface area contributed by atoms with Crippen molar-refractivity contribution in [1.82, 2.24) is 36.9 Å². The largest absolute Gasteiger partial charge is 0.481 e. The lowest BCUT2D eigenvalue weighted by molar-refractivity contribution is -0.152. The molecule has 4 aromatic rings. The van der Waals surface area contributed by atoms with Gasteiger partial charge < -0.3 is 55.6 Å². The van der Waals surface area contributed by atoms with Crippen LogP contribution in [0.5, 0.6) is 5.75 Å². The van der Waals surface area contributed by atoms with Gasteiger partial charge in [-0.3, -0.25) is 33.3 Å². The summed E-state index contributed by atoms with van der Waals surface area (Å²) in [7, 11) is -4.82. The van der Waals surface area contributed by atoms with Crippen molar-refractivity contribution < 1.29 is 70.1 Å². The summed E-state index contributed by atoms with van der Waals surface area (Å²) >= 11 is 1.37. The number of nitrogens with one attached hydrogen (secondary N) is 7. The lowest BCUT2D eigenvalue weighted by Gasteiger charge is -2.26. The number of para-hydroxylation sites is 1. The number of ether oxygens (including phenoxy) is 2. The Morgan fingerprint density at radius 2 is 1.32 bits per heavy atom. The minimum Gasteiger partial charge on any atom is -0.481 e. The molecule has 0 aliphatic carbocycles. The van der Waals surface area contributed by atoms with Crippen molar-refractivity contribution in [3.8, 4) is 5.75 Å². The number of aromatic nitrogens is 1. The maximum Gasteiger partial charge on any atom is 0.446 e. The van der Waals surface area contributed by atoms with Gasteiger partial charge >= 0.3 is 28.4 Å². The predicted octanol–water partition coefficient (Wildman–Crippen LogP) is 3.14. The fourth-order valence-electron chi connectivity index (χ4n) is 7.37. The molecule has 0 aliphatic heterocycles. The Kier molecular flexibility index (Phi) is 22.7. The van der Waals surface area contributed by atoms with Gasteiger partial charge in [0, 0.05) is 36.4 Å². The van der Waals surface area contributed by atoms with Crippen LogP contribution in [0.2, 0.25) is 0 Å². The zero-order chi connectivity index (χ0) is 54.6. The molecule has 402 valence electrons. The van der Waals surface area contributed by atoms with Gasteiger partial charge in [0.1, 0.15) is 41.6 Å². The standard InChI is InChI=1S/C50H65N7O15S2/c1-30(2)24-38(45(62)56-41(27-43(59)60)48(65)70-22-20-31-12-8-7-9-13-31)55-47(64)40(26-33-28-51-36-15-11-10-14-35(33)36)53-42(58)29-52-44(61)37(21-23-73-6)54-46(63)39(57-49(66)71-50(3,4)5)25-32-16-18-34(19-17-32)72-74(67,68)69/h7-19,28,30,37-41,51H,20-27,29H2,1-6H3,(H,52,61)(H,53,58)(H,54,63)(H,55,64)(H,56,62)(H,57,66)(H,59,60)(H,67,68,69)/t37-,38-,39-,40-,41-/m0/s1. The van der Waals surface area contributed by atoms with Crippen LogP contribution in [0.15, 0.2) is 85.1 Å². The number of H-pyrrole nitrogens is 1. The molecule has 4 rings (SSSR count). The number of benzene rings is 3. The summed E-state index contributed by atoms with van der Waals surface area (Å²) in [6.45, 7) is 7.65. The van der Waals surface area contributed by atoms with E-state index in [0.29, 0.717) is 23.3 Å². The van der Waals surface area contributed by atoms with Crippen molar-refractivity contribution in [2.24, 2.45) is 5.92 Å². The Balaban J connectivity index is 1.51. The summed E-state index contributed by atoms with van der Waals surface area (Å²) in [5, 5.41) is 25.8. The molecule has 0 spiro atoms. The summed E-state index contributed by atoms with van der Waals surface area (Å²) < 4.78 is 46.6. The zero-order valence-corrected chi connectivity index (χ0v) is 43.6. The number of hydrogen-bond acceptors (Lipinski definition) is 14. The maximum absolute atomic E-state index is 14.3. The van der Waals surface area contributed by atoms with Crippen LogP contribution >= 0.6 is 11.8 Å². The minimum absolute atomic E-state index is 0.0415. The summed E-state index contributed by atoms with van der Waals surface area (Å²) in [6.07, 6.45) is 1.85. The molecule has 0 saturated carbocycles. The van der Waals surface area contributed by atoms with E-state index in [1.54, 1.807) is 53.1 Å². The molecule has 0 radical (unpaired) electrons. The molecular formula is C50H65N7O15S2. The number of thioether (sulfide) groups is 1. The smallest absolute Gasteiger partial charge is 0.446 e. The van der Waals surface area contributed by atoms with E-state index in [1.807, 2.05) is 48.5 Å². The second-order valence-electron chi connectivity index (χ2n) is 18.6. The van der Waals surface area contributed by atoms with Crippen LogP contribution in [-0.2, 0) is 72.7 Å². The van der Waals surface area contributed by atoms with Crippen molar-refractivity contribution in [2.75, 3.05) is 25.2 Å². The second-order valence-corrected chi connectivity index (χ2v) is 20.6. The average Bonchev–Trinajstić information content (AvgIpc) is 3.73. The zero-order valence-electron chi connectivity index (χ0n) is 41.9. The van der Waals surface area contributed by atoms with Gasteiger partial charge in [0.2, 0.25) is 29.5 Å². The fourth-order valence-corrected chi connectivity index (χ4v) is 8.20. The number of aliphatic carboxylic acids is 1. The highest BCUT2D eigenvalue weighted by Gasteiger charge is 2.33.